The number of aromatic carboxylic acids is 2. The van der Waals surface area contributed by atoms with Crippen molar-refractivity contribution < 1.29 is 38.9 Å². The molecule has 3 aromatic rings. The summed E-state index contributed by atoms with van der Waals surface area (Å²) in [7, 11) is 0. The molecule has 1 fully saturated rings. The van der Waals surface area contributed by atoms with Gasteiger partial charge in [0.05, 0.1) is 28.4 Å². The maximum Gasteiger partial charge on any atom is 0.335 e. The zero-order valence-corrected chi connectivity index (χ0v) is 22.4. The quantitative estimate of drug-likeness (QED) is 0.189. The van der Waals surface area contributed by atoms with Gasteiger partial charge in [-0.25, -0.2) is 9.59 Å². The molecule has 0 radical (unpaired) electrons. The molecule has 1 aliphatic rings. The Kier molecular flexibility index (Phi) is 8.46. The molecule has 1 aliphatic heterocycles. The highest BCUT2D eigenvalue weighted by Gasteiger charge is 2.35. The van der Waals surface area contributed by atoms with Crippen LogP contribution in [0.5, 0.6) is 11.5 Å². The third-order valence-corrected chi connectivity index (χ3v) is 6.25. The highest BCUT2D eigenvalue weighted by molar-refractivity contribution is 7.80. The first kappa shape index (κ1) is 28.3. The van der Waals surface area contributed by atoms with E-state index in [1.165, 1.54) is 48.5 Å². The molecule has 0 aromatic heterocycles. The van der Waals surface area contributed by atoms with Crippen molar-refractivity contribution in [1.82, 2.24) is 5.32 Å². The van der Waals surface area contributed by atoms with Crippen LogP contribution in [0.3, 0.4) is 0 Å². The number of nitrogens with one attached hydrogen (secondary N) is 1. The smallest absolute Gasteiger partial charge is 0.335 e. The Bertz CT molecular complexity index is 1570. The van der Waals surface area contributed by atoms with E-state index in [2.05, 4.69) is 5.32 Å². The lowest BCUT2D eigenvalue weighted by Crippen LogP contribution is -2.54. The Morgan fingerprint density at radius 2 is 1.70 bits per heavy atom. The monoisotopic (exact) mass is 580 g/mol. The molecule has 10 nitrogen and oxygen atoms in total. The molecule has 2 amide bonds. The first-order chi connectivity index (χ1) is 19.1. The zero-order valence-electron chi connectivity index (χ0n) is 20.8. The third kappa shape index (κ3) is 6.11. The Hall–Kier alpha value is -4.74. The van der Waals surface area contributed by atoms with Crippen molar-refractivity contribution in [3.8, 4) is 11.5 Å². The molecule has 12 heteroatoms. The molecule has 1 saturated heterocycles. The maximum absolute atomic E-state index is 13.4. The highest BCUT2D eigenvalue weighted by atomic mass is 35.5. The summed E-state index contributed by atoms with van der Waals surface area (Å²) in [5.74, 6) is -3.23. The van der Waals surface area contributed by atoms with Crippen molar-refractivity contribution in [3.63, 3.8) is 0 Å². The third-order valence-electron chi connectivity index (χ3n) is 5.68. The molecule has 0 bridgehead atoms. The van der Waals surface area contributed by atoms with Gasteiger partial charge in [0, 0.05) is 0 Å². The predicted octanol–water partition coefficient (Wildman–Crippen LogP) is 4.55. The average Bonchev–Trinajstić information content (AvgIpc) is 2.91. The van der Waals surface area contributed by atoms with E-state index in [9.17, 15) is 24.3 Å². The van der Waals surface area contributed by atoms with E-state index in [1.807, 2.05) is 0 Å². The van der Waals surface area contributed by atoms with Crippen LogP contribution in [0.4, 0.5) is 5.69 Å². The SMILES string of the molecule is CCOc1cc(C=C2C(=O)NC(=S)N(c3cccc(C(=O)O)c3)C2=O)cc(Cl)c1OCc1ccc(C(=O)O)cc1. The number of anilines is 1. The number of carbonyl (C=O) groups excluding carboxylic acids is 2. The first-order valence-electron chi connectivity index (χ1n) is 11.7. The second kappa shape index (κ2) is 12.0. The number of amides is 2. The van der Waals surface area contributed by atoms with Crippen molar-refractivity contribution in [3.05, 3.63) is 93.5 Å². The van der Waals surface area contributed by atoms with Crippen LogP contribution in [0.15, 0.2) is 66.2 Å². The minimum absolute atomic E-state index is 0.0583. The van der Waals surface area contributed by atoms with Gasteiger partial charge in [0.1, 0.15) is 12.2 Å². The Morgan fingerprint density at radius 1 is 1.00 bits per heavy atom. The standard InChI is InChI=1S/C28H21ClN2O8S/c1-2-38-22-12-16(11-21(29)23(22)39-14-15-6-8-17(9-7-15)26(34)35)10-20-24(32)30-28(40)31(25(20)33)19-5-3-4-18(13-19)27(36)37/h3-13H,2,14H2,1H3,(H,34,35)(H,36,37)(H,30,32,40). The van der Waals surface area contributed by atoms with Crippen molar-refractivity contribution in [2.75, 3.05) is 11.5 Å². The molecule has 40 heavy (non-hydrogen) atoms. The lowest BCUT2D eigenvalue weighted by atomic mass is 10.1. The number of carbonyl (C=O) groups is 4. The first-order valence-corrected chi connectivity index (χ1v) is 12.5. The molecule has 4 rings (SSSR count). The normalized spacial score (nSPS) is 14.2. The minimum Gasteiger partial charge on any atom is -0.490 e. The van der Waals surface area contributed by atoms with Gasteiger partial charge in [-0.1, -0.05) is 29.8 Å². The van der Waals surface area contributed by atoms with Crippen LogP contribution in [0.2, 0.25) is 5.02 Å². The van der Waals surface area contributed by atoms with Crippen LogP contribution in [0.25, 0.3) is 6.08 Å². The summed E-state index contributed by atoms with van der Waals surface area (Å²) in [4.78, 5) is 49.6. The fourth-order valence-corrected chi connectivity index (χ4v) is 4.36. The minimum atomic E-state index is -1.19. The molecule has 0 atom stereocenters. The molecule has 3 aromatic carbocycles. The van der Waals surface area contributed by atoms with Crippen molar-refractivity contribution in [2.45, 2.75) is 13.5 Å². The van der Waals surface area contributed by atoms with Crippen molar-refractivity contribution in [1.29, 1.82) is 0 Å². The fourth-order valence-electron chi connectivity index (χ4n) is 3.81. The van der Waals surface area contributed by atoms with Crippen molar-refractivity contribution >= 4 is 64.4 Å². The van der Waals surface area contributed by atoms with Gasteiger partial charge in [-0.05, 0) is 78.8 Å². The summed E-state index contributed by atoms with van der Waals surface area (Å²) in [6.45, 7) is 2.10. The predicted molar refractivity (Wildman–Crippen MR) is 150 cm³/mol. The number of carboxylic acid groups (broad SMARTS) is 2. The van der Waals surface area contributed by atoms with Gasteiger partial charge in [0.25, 0.3) is 11.8 Å². The summed E-state index contributed by atoms with van der Waals surface area (Å²) >= 11 is 11.7. The Labute approximate surface area is 238 Å². The van der Waals surface area contributed by atoms with E-state index >= 15 is 0 Å². The van der Waals surface area contributed by atoms with E-state index in [-0.39, 0.29) is 57.2 Å². The second-order valence-corrected chi connectivity index (χ2v) is 9.16. The van der Waals surface area contributed by atoms with Crippen LogP contribution in [0, 0.1) is 0 Å². The summed E-state index contributed by atoms with van der Waals surface area (Å²) in [5.41, 5.74) is 1.05. The maximum atomic E-state index is 13.4. The molecule has 0 unspecified atom stereocenters. The number of benzene rings is 3. The second-order valence-electron chi connectivity index (χ2n) is 8.37. The largest absolute Gasteiger partial charge is 0.490 e. The summed E-state index contributed by atoms with van der Waals surface area (Å²) in [6.07, 6.45) is 1.32. The molecule has 1 heterocycles. The Balaban J connectivity index is 1.64. The molecule has 0 spiro atoms. The van der Waals surface area contributed by atoms with Crippen molar-refractivity contribution in [2.24, 2.45) is 0 Å². The van der Waals surface area contributed by atoms with Gasteiger partial charge in [0.2, 0.25) is 0 Å². The summed E-state index contributed by atoms with van der Waals surface area (Å²) in [5, 5.41) is 20.8. The molecule has 0 aliphatic carbocycles. The number of rotatable bonds is 9. The van der Waals surface area contributed by atoms with Gasteiger partial charge in [-0.15, -0.1) is 0 Å². The molecule has 3 N–H and O–H groups in total. The number of halogens is 1. The van der Waals surface area contributed by atoms with Gasteiger partial charge >= 0.3 is 11.9 Å². The number of ether oxygens (including phenoxy) is 2. The number of nitrogens with zero attached hydrogens (tertiary/aromatic N) is 1. The van der Waals surface area contributed by atoms with Gasteiger partial charge in [0.15, 0.2) is 16.6 Å². The molecule has 0 saturated carbocycles. The van der Waals surface area contributed by atoms with Crippen LogP contribution in [0.1, 0.15) is 38.8 Å². The van der Waals surface area contributed by atoms with Gasteiger partial charge < -0.3 is 19.7 Å². The van der Waals surface area contributed by atoms with E-state index in [4.69, 9.17) is 38.4 Å². The Morgan fingerprint density at radius 3 is 2.35 bits per heavy atom. The van der Waals surface area contributed by atoms with Crippen LogP contribution < -0.4 is 19.7 Å². The lowest BCUT2D eigenvalue weighted by Gasteiger charge is -2.29. The highest BCUT2D eigenvalue weighted by Crippen LogP contribution is 2.38. The van der Waals surface area contributed by atoms with E-state index < -0.39 is 23.8 Å². The molecular weight excluding hydrogens is 560 g/mol. The summed E-state index contributed by atoms with van der Waals surface area (Å²) < 4.78 is 11.6. The van der Waals surface area contributed by atoms with Gasteiger partial charge in [-0.2, -0.15) is 0 Å². The number of hydrogen-bond donors (Lipinski definition) is 3. The van der Waals surface area contributed by atoms with Gasteiger partial charge in [-0.3, -0.25) is 19.8 Å². The van der Waals surface area contributed by atoms with Crippen LogP contribution >= 0.6 is 23.8 Å². The topological polar surface area (TPSA) is 142 Å². The molecular formula is C28H21ClN2O8S. The van der Waals surface area contributed by atoms with Crippen LogP contribution in [-0.2, 0) is 16.2 Å². The fraction of sp³-hybridized carbons (Fsp3) is 0.107. The van der Waals surface area contributed by atoms with E-state index in [0.717, 1.165) is 4.90 Å². The summed E-state index contributed by atoms with van der Waals surface area (Å²) in [6, 6.07) is 14.8. The number of thiocarbonyl (C=S) groups is 1. The van der Waals surface area contributed by atoms with Crippen LogP contribution in [-0.4, -0.2) is 45.7 Å². The van der Waals surface area contributed by atoms with E-state index in [0.29, 0.717) is 11.1 Å². The zero-order chi connectivity index (χ0) is 29.0. The van der Waals surface area contributed by atoms with E-state index in [1.54, 1.807) is 25.1 Å². The number of hydrogen-bond acceptors (Lipinski definition) is 7. The lowest BCUT2D eigenvalue weighted by molar-refractivity contribution is -0.122. The number of carboxylic acids is 2. The average molecular weight is 581 g/mol. The molecule has 204 valence electrons.